The lowest BCUT2D eigenvalue weighted by Crippen LogP contribution is -2.20. The summed E-state index contributed by atoms with van der Waals surface area (Å²) in [5, 5.41) is 3.55. The van der Waals surface area contributed by atoms with E-state index in [-0.39, 0.29) is 17.9 Å². The molecule has 0 fully saturated rings. The van der Waals surface area contributed by atoms with Gasteiger partial charge in [-0.3, -0.25) is 9.59 Å². The van der Waals surface area contributed by atoms with Crippen molar-refractivity contribution in [3.63, 3.8) is 0 Å². The summed E-state index contributed by atoms with van der Waals surface area (Å²) < 4.78 is 1.80. The van der Waals surface area contributed by atoms with Crippen LogP contribution in [-0.4, -0.2) is 10.5 Å². The molecule has 2 aromatic carbocycles. The Morgan fingerprint density at radius 1 is 1.09 bits per heavy atom. The minimum Gasteiger partial charge on any atom is -0.338 e. The Labute approximate surface area is 134 Å². The average molecular weight is 306 g/mol. The Kier molecular flexibility index (Phi) is 3.98. The molecule has 0 saturated carbocycles. The number of rotatable bonds is 3. The van der Waals surface area contributed by atoms with E-state index in [0.29, 0.717) is 5.39 Å². The number of carbonyl (C=O) groups is 1. The van der Waals surface area contributed by atoms with Gasteiger partial charge in [0.1, 0.15) is 6.54 Å². The monoisotopic (exact) mass is 306 g/mol. The molecule has 0 spiro atoms. The van der Waals surface area contributed by atoms with Gasteiger partial charge in [-0.1, -0.05) is 29.8 Å². The van der Waals surface area contributed by atoms with Crippen LogP contribution in [0, 0.1) is 13.8 Å². The van der Waals surface area contributed by atoms with E-state index in [0.717, 1.165) is 22.3 Å². The SMILES string of the molecule is Cc1ccc2c(c1)c(=O)ccn2CC(=O)Nc1ccccc1C. The molecule has 0 bridgehead atoms. The van der Waals surface area contributed by atoms with Gasteiger partial charge in [-0.25, -0.2) is 0 Å². The number of nitrogens with zero attached hydrogens (tertiary/aromatic N) is 1. The third-order valence-electron chi connectivity index (χ3n) is 3.87. The molecular weight excluding hydrogens is 288 g/mol. The second-order valence-corrected chi connectivity index (χ2v) is 5.69. The first-order chi connectivity index (χ1) is 11.0. The minimum absolute atomic E-state index is 0.0285. The molecule has 0 unspecified atom stereocenters. The first-order valence-electron chi connectivity index (χ1n) is 7.50. The van der Waals surface area contributed by atoms with Crippen molar-refractivity contribution >= 4 is 22.5 Å². The van der Waals surface area contributed by atoms with Crippen molar-refractivity contribution in [2.75, 3.05) is 5.32 Å². The van der Waals surface area contributed by atoms with Crippen molar-refractivity contribution in [2.24, 2.45) is 0 Å². The fourth-order valence-corrected chi connectivity index (χ4v) is 2.62. The molecule has 1 heterocycles. The van der Waals surface area contributed by atoms with Gasteiger partial charge in [-0.05, 0) is 37.6 Å². The average Bonchev–Trinajstić information content (AvgIpc) is 2.52. The Morgan fingerprint density at radius 3 is 2.65 bits per heavy atom. The van der Waals surface area contributed by atoms with Crippen LogP contribution >= 0.6 is 0 Å². The molecule has 0 aliphatic rings. The molecule has 0 atom stereocenters. The topological polar surface area (TPSA) is 51.1 Å². The van der Waals surface area contributed by atoms with Crippen LogP contribution in [0.2, 0.25) is 0 Å². The Morgan fingerprint density at radius 2 is 1.87 bits per heavy atom. The predicted molar refractivity (Wildman–Crippen MR) is 92.8 cm³/mol. The molecule has 4 nitrogen and oxygen atoms in total. The molecule has 0 radical (unpaired) electrons. The lowest BCUT2D eigenvalue weighted by atomic mass is 10.1. The van der Waals surface area contributed by atoms with Gasteiger partial charge in [-0.15, -0.1) is 0 Å². The number of benzene rings is 2. The van der Waals surface area contributed by atoms with Gasteiger partial charge in [0.15, 0.2) is 5.43 Å². The minimum atomic E-state index is -0.121. The molecule has 23 heavy (non-hydrogen) atoms. The maximum Gasteiger partial charge on any atom is 0.244 e. The molecule has 116 valence electrons. The molecule has 3 aromatic rings. The quantitative estimate of drug-likeness (QED) is 0.807. The van der Waals surface area contributed by atoms with Crippen LogP contribution in [-0.2, 0) is 11.3 Å². The highest BCUT2D eigenvalue weighted by Crippen LogP contribution is 2.15. The summed E-state index contributed by atoms with van der Waals surface area (Å²) in [6.45, 7) is 4.06. The number of para-hydroxylation sites is 1. The summed E-state index contributed by atoms with van der Waals surface area (Å²) in [7, 11) is 0. The number of anilines is 1. The number of amides is 1. The van der Waals surface area contributed by atoms with Crippen molar-refractivity contribution in [3.8, 4) is 0 Å². The number of pyridine rings is 1. The van der Waals surface area contributed by atoms with E-state index in [2.05, 4.69) is 5.32 Å². The van der Waals surface area contributed by atoms with E-state index in [1.807, 2.05) is 56.3 Å². The number of aryl methyl sites for hydroxylation is 2. The van der Waals surface area contributed by atoms with E-state index in [4.69, 9.17) is 0 Å². The molecule has 1 aromatic heterocycles. The number of hydrogen-bond acceptors (Lipinski definition) is 2. The van der Waals surface area contributed by atoms with Gasteiger partial charge in [0.2, 0.25) is 5.91 Å². The van der Waals surface area contributed by atoms with E-state index in [9.17, 15) is 9.59 Å². The summed E-state index contributed by atoms with van der Waals surface area (Å²) >= 11 is 0. The summed E-state index contributed by atoms with van der Waals surface area (Å²) in [6, 6.07) is 14.8. The molecular formula is C19H18N2O2. The zero-order valence-electron chi connectivity index (χ0n) is 13.2. The van der Waals surface area contributed by atoms with Gasteiger partial charge in [0.05, 0.1) is 5.52 Å². The third-order valence-corrected chi connectivity index (χ3v) is 3.87. The van der Waals surface area contributed by atoms with Crippen molar-refractivity contribution in [3.05, 3.63) is 76.1 Å². The molecule has 1 N–H and O–H groups in total. The summed E-state index contributed by atoms with van der Waals surface area (Å²) in [5.74, 6) is -0.121. The first kappa shape index (κ1) is 15.0. The number of hydrogen-bond donors (Lipinski definition) is 1. The first-order valence-corrected chi connectivity index (χ1v) is 7.50. The lowest BCUT2D eigenvalue weighted by Gasteiger charge is -2.12. The smallest absolute Gasteiger partial charge is 0.244 e. The summed E-state index contributed by atoms with van der Waals surface area (Å²) in [4.78, 5) is 24.3. The third kappa shape index (κ3) is 3.16. The second kappa shape index (κ2) is 6.08. The van der Waals surface area contributed by atoms with Gasteiger partial charge in [0.25, 0.3) is 0 Å². The highest BCUT2D eigenvalue weighted by atomic mass is 16.2. The summed E-state index contributed by atoms with van der Waals surface area (Å²) in [6.07, 6.45) is 1.66. The van der Waals surface area contributed by atoms with Crippen molar-refractivity contribution < 1.29 is 4.79 Å². The molecule has 4 heteroatoms. The fraction of sp³-hybridized carbons (Fsp3) is 0.158. The van der Waals surface area contributed by atoms with E-state index in [1.54, 1.807) is 10.8 Å². The number of carbonyl (C=O) groups excluding carboxylic acids is 1. The van der Waals surface area contributed by atoms with E-state index >= 15 is 0 Å². The zero-order chi connectivity index (χ0) is 16.4. The molecule has 1 amide bonds. The van der Waals surface area contributed by atoms with Crippen LogP contribution in [0.4, 0.5) is 5.69 Å². The van der Waals surface area contributed by atoms with E-state index in [1.165, 1.54) is 6.07 Å². The van der Waals surface area contributed by atoms with Crippen LogP contribution in [0.1, 0.15) is 11.1 Å². The largest absolute Gasteiger partial charge is 0.338 e. The Balaban J connectivity index is 1.90. The Bertz CT molecular complexity index is 941. The van der Waals surface area contributed by atoms with Crippen LogP contribution < -0.4 is 10.7 Å². The van der Waals surface area contributed by atoms with Crippen molar-refractivity contribution in [1.82, 2.24) is 4.57 Å². The second-order valence-electron chi connectivity index (χ2n) is 5.69. The van der Waals surface area contributed by atoms with Crippen LogP contribution in [0.25, 0.3) is 10.9 Å². The van der Waals surface area contributed by atoms with Crippen LogP contribution in [0.15, 0.2) is 59.5 Å². The maximum absolute atomic E-state index is 12.3. The van der Waals surface area contributed by atoms with Crippen molar-refractivity contribution in [1.29, 1.82) is 0 Å². The highest BCUT2D eigenvalue weighted by Gasteiger charge is 2.08. The van der Waals surface area contributed by atoms with Crippen molar-refractivity contribution in [2.45, 2.75) is 20.4 Å². The number of fused-ring (bicyclic) bond motifs is 1. The molecule has 0 saturated heterocycles. The van der Waals surface area contributed by atoms with Crippen LogP contribution in [0.5, 0.6) is 0 Å². The van der Waals surface area contributed by atoms with E-state index < -0.39 is 0 Å². The normalized spacial score (nSPS) is 10.7. The number of nitrogens with one attached hydrogen (secondary N) is 1. The lowest BCUT2D eigenvalue weighted by molar-refractivity contribution is -0.116. The molecule has 0 aliphatic heterocycles. The fourth-order valence-electron chi connectivity index (χ4n) is 2.62. The van der Waals surface area contributed by atoms with Gasteiger partial charge in [0, 0.05) is 23.3 Å². The van der Waals surface area contributed by atoms with Gasteiger partial charge in [-0.2, -0.15) is 0 Å². The Hall–Kier alpha value is -2.88. The van der Waals surface area contributed by atoms with Crippen LogP contribution in [0.3, 0.4) is 0 Å². The number of aromatic nitrogens is 1. The predicted octanol–water partition coefficient (Wildman–Crippen LogP) is 3.26. The zero-order valence-corrected chi connectivity index (χ0v) is 13.2. The highest BCUT2D eigenvalue weighted by molar-refractivity contribution is 5.92. The standard InChI is InChI=1S/C19H18N2O2/c1-13-7-8-17-15(11-13)18(22)9-10-21(17)12-19(23)20-16-6-4-3-5-14(16)2/h3-11H,12H2,1-2H3,(H,20,23). The maximum atomic E-state index is 12.3. The summed E-state index contributed by atoms with van der Waals surface area (Å²) in [5.41, 5.74) is 3.58. The van der Waals surface area contributed by atoms with Gasteiger partial charge >= 0.3 is 0 Å². The molecule has 0 aliphatic carbocycles. The van der Waals surface area contributed by atoms with Gasteiger partial charge < -0.3 is 9.88 Å². The molecule has 3 rings (SSSR count).